The number of thiazole rings is 1. The van der Waals surface area contributed by atoms with Gasteiger partial charge >= 0.3 is 0 Å². The Labute approximate surface area is 111 Å². The number of benzene rings is 1. The van der Waals surface area contributed by atoms with Gasteiger partial charge in [0.05, 0.1) is 27.3 Å². The van der Waals surface area contributed by atoms with E-state index in [0.29, 0.717) is 21.4 Å². The molecule has 3 nitrogen and oxygen atoms in total. The summed E-state index contributed by atoms with van der Waals surface area (Å²) in [6.07, 6.45) is 0. The third-order valence-electron chi connectivity index (χ3n) is 2.16. The highest BCUT2D eigenvalue weighted by molar-refractivity contribution is 7.84. The molecular weight excluding hydrogens is 276 g/mol. The van der Waals surface area contributed by atoms with Gasteiger partial charge in [0, 0.05) is 16.0 Å². The van der Waals surface area contributed by atoms with Crippen molar-refractivity contribution in [2.24, 2.45) is 0 Å². The average molecular weight is 287 g/mol. The highest BCUT2D eigenvalue weighted by Crippen LogP contribution is 2.23. The number of hydrogen-bond donors (Lipinski definition) is 1. The summed E-state index contributed by atoms with van der Waals surface area (Å²) in [5.74, 6) is 0.415. The molecule has 1 aromatic carbocycles. The van der Waals surface area contributed by atoms with Crippen molar-refractivity contribution < 1.29 is 4.21 Å². The molecule has 90 valence electrons. The van der Waals surface area contributed by atoms with Gasteiger partial charge in [-0.1, -0.05) is 11.6 Å². The van der Waals surface area contributed by atoms with Gasteiger partial charge in [-0.15, -0.1) is 11.3 Å². The molecule has 0 aliphatic rings. The molecule has 0 bridgehead atoms. The van der Waals surface area contributed by atoms with Crippen molar-refractivity contribution in [3.8, 4) is 0 Å². The number of nitrogen functional groups attached to an aromatic ring is 1. The summed E-state index contributed by atoms with van der Waals surface area (Å²) in [4.78, 5) is 4.96. The molecule has 0 amide bonds. The van der Waals surface area contributed by atoms with E-state index in [9.17, 15) is 4.21 Å². The zero-order valence-corrected chi connectivity index (χ0v) is 11.5. The van der Waals surface area contributed by atoms with Crippen LogP contribution in [0.1, 0.15) is 10.7 Å². The molecule has 2 aromatic rings. The van der Waals surface area contributed by atoms with Gasteiger partial charge in [0.2, 0.25) is 0 Å². The van der Waals surface area contributed by atoms with Gasteiger partial charge in [-0.3, -0.25) is 4.21 Å². The second kappa shape index (κ2) is 5.16. The summed E-state index contributed by atoms with van der Waals surface area (Å²) in [5, 5.41) is 3.25. The molecule has 0 fully saturated rings. The Morgan fingerprint density at radius 2 is 2.29 bits per heavy atom. The Morgan fingerprint density at radius 3 is 2.88 bits per heavy atom. The van der Waals surface area contributed by atoms with Crippen LogP contribution in [0.25, 0.3) is 0 Å². The first-order chi connectivity index (χ1) is 8.06. The molecule has 0 radical (unpaired) electrons. The third-order valence-corrected chi connectivity index (χ3v) is 4.95. The molecule has 2 rings (SSSR count). The Hall–Kier alpha value is -0.910. The zero-order valence-electron chi connectivity index (χ0n) is 9.14. The summed E-state index contributed by atoms with van der Waals surface area (Å²) >= 11 is 7.41. The summed E-state index contributed by atoms with van der Waals surface area (Å²) in [6, 6.07) is 5.05. The van der Waals surface area contributed by atoms with Crippen molar-refractivity contribution >= 4 is 39.4 Å². The molecule has 1 unspecified atom stereocenters. The minimum absolute atomic E-state index is 0.415. The van der Waals surface area contributed by atoms with E-state index >= 15 is 0 Å². The smallest absolute Gasteiger partial charge is 0.106 e. The van der Waals surface area contributed by atoms with E-state index in [0.717, 1.165) is 10.7 Å². The van der Waals surface area contributed by atoms with Gasteiger partial charge in [-0.2, -0.15) is 0 Å². The number of nitrogens with two attached hydrogens (primary N) is 1. The number of nitrogens with zero attached hydrogens (tertiary/aromatic N) is 1. The van der Waals surface area contributed by atoms with Gasteiger partial charge in [0.25, 0.3) is 0 Å². The number of aryl methyl sites for hydroxylation is 1. The van der Waals surface area contributed by atoms with Gasteiger partial charge in [0.15, 0.2) is 0 Å². The maximum absolute atomic E-state index is 12.1. The standard InChI is InChI=1S/C11H11ClN2OS2/c1-7-5-16-11(14-7)6-17(15)8-2-3-10(13)9(12)4-8/h2-5H,6,13H2,1H3. The lowest BCUT2D eigenvalue weighted by atomic mass is 10.3. The second-order valence-electron chi connectivity index (χ2n) is 3.56. The van der Waals surface area contributed by atoms with Gasteiger partial charge < -0.3 is 5.73 Å². The molecule has 0 saturated carbocycles. The van der Waals surface area contributed by atoms with E-state index in [2.05, 4.69) is 4.98 Å². The number of rotatable bonds is 3. The van der Waals surface area contributed by atoms with Crippen molar-refractivity contribution in [3.63, 3.8) is 0 Å². The summed E-state index contributed by atoms with van der Waals surface area (Å²) in [5.41, 5.74) is 7.06. The molecule has 1 atom stereocenters. The SMILES string of the molecule is Cc1csc(CS(=O)c2ccc(N)c(Cl)c2)n1. The fourth-order valence-electron chi connectivity index (χ4n) is 1.31. The van der Waals surface area contributed by atoms with Crippen LogP contribution in [0.15, 0.2) is 28.5 Å². The Morgan fingerprint density at radius 1 is 1.53 bits per heavy atom. The van der Waals surface area contributed by atoms with Crippen molar-refractivity contribution in [3.05, 3.63) is 39.3 Å². The van der Waals surface area contributed by atoms with Crippen LogP contribution in [0, 0.1) is 6.92 Å². The van der Waals surface area contributed by atoms with E-state index in [1.807, 2.05) is 12.3 Å². The fraction of sp³-hybridized carbons (Fsp3) is 0.182. The molecule has 1 aromatic heterocycles. The summed E-state index contributed by atoms with van der Waals surface area (Å²) in [6.45, 7) is 1.92. The predicted molar refractivity (Wildman–Crippen MR) is 72.8 cm³/mol. The van der Waals surface area contributed by atoms with Crippen LogP contribution in [-0.2, 0) is 16.6 Å². The molecule has 2 N–H and O–H groups in total. The second-order valence-corrected chi connectivity index (χ2v) is 6.36. The molecule has 1 heterocycles. The van der Waals surface area contributed by atoms with E-state index in [1.165, 1.54) is 11.3 Å². The quantitative estimate of drug-likeness (QED) is 0.883. The Balaban J connectivity index is 2.17. The summed E-state index contributed by atoms with van der Waals surface area (Å²) in [7, 11) is -1.13. The van der Waals surface area contributed by atoms with E-state index in [-0.39, 0.29) is 0 Å². The van der Waals surface area contributed by atoms with Crippen molar-refractivity contribution in [1.29, 1.82) is 0 Å². The Kier molecular flexibility index (Phi) is 3.81. The third kappa shape index (κ3) is 3.06. The van der Waals surface area contributed by atoms with Crippen LogP contribution in [0.5, 0.6) is 0 Å². The molecule has 0 aliphatic heterocycles. The normalized spacial score (nSPS) is 12.6. The van der Waals surface area contributed by atoms with Crippen LogP contribution in [0.2, 0.25) is 5.02 Å². The summed E-state index contributed by atoms with van der Waals surface area (Å²) < 4.78 is 12.1. The van der Waals surface area contributed by atoms with Crippen LogP contribution in [0.3, 0.4) is 0 Å². The molecule has 17 heavy (non-hydrogen) atoms. The minimum atomic E-state index is -1.13. The number of anilines is 1. The molecule has 0 saturated heterocycles. The molecule has 6 heteroatoms. The first-order valence-electron chi connectivity index (χ1n) is 4.90. The predicted octanol–water partition coefficient (Wildman–Crippen LogP) is 2.99. The maximum atomic E-state index is 12.1. The number of hydrogen-bond acceptors (Lipinski definition) is 4. The highest BCUT2D eigenvalue weighted by atomic mass is 35.5. The Bertz CT molecular complexity index is 568. The van der Waals surface area contributed by atoms with Crippen molar-refractivity contribution in [2.75, 3.05) is 5.73 Å². The van der Waals surface area contributed by atoms with Gasteiger partial charge in [0.1, 0.15) is 5.01 Å². The lowest BCUT2D eigenvalue weighted by molar-refractivity contribution is 0.682. The molecule has 0 aliphatic carbocycles. The first-order valence-corrected chi connectivity index (χ1v) is 7.48. The lowest BCUT2D eigenvalue weighted by Crippen LogP contribution is -1.97. The van der Waals surface area contributed by atoms with Gasteiger partial charge in [-0.05, 0) is 25.1 Å². The van der Waals surface area contributed by atoms with Crippen LogP contribution in [-0.4, -0.2) is 9.19 Å². The van der Waals surface area contributed by atoms with E-state index < -0.39 is 10.8 Å². The van der Waals surface area contributed by atoms with Crippen LogP contribution in [0.4, 0.5) is 5.69 Å². The van der Waals surface area contributed by atoms with Crippen molar-refractivity contribution in [2.45, 2.75) is 17.6 Å². The monoisotopic (exact) mass is 286 g/mol. The molecular formula is C11H11ClN2OS2. The number of aromatic nitrogens is 1. The average Bonchev–Trinajstić information content (AvgIpc) is 2.68. The first kappa shape index (κ1) is 12.5. The van der Waals surface area contributed by atoms with Gasteiger partial charge in [-0.25, -0.2) is 4.98 Å². The topological polar surface area (TPSA) is 56.0 Å². The highest BCUT2D eigenvalue weighted by Gasteiger charge is 2.09. The van der Waals surface area contributed by atoms with Crippen molar-refractivity contribution in [1.82, 2.24) is 4.98 Å². The van der Waals surface area contributed by atoms with Crippen LogP contribution < -0.4 is 5.73 Å². The number of halogens is 1. The van der Waals surface area contributed by atoms with Crippen LogP contribution >= 0.6 is 22.9 Å². The zero-order chi connectivity index (χ0) is 12.4. The largest absolute Gasteiger partial charge is 0.398 e. The van der Waals surface area contributed by atoms with E-state index in [1.54, 1.807) is 18.2 Å². The minimum Gasteiger partial charge on any atom is -0.398 e. The molecule has 0 spiro atoms. The lowest BCUT2D eigenvalue weighted by Gasteiger charge is -2.02. The fourth-order valence-corrected chi connectivity index (χ4v) is 3.63. The maximum Gasteiger partial charge on any atom is 0.106 e. The van der Waals surface area contributed by atoms with E-state index in [4.69, 9.17) is 17.3 Å².